The Labute approximate surface area is 163 Å². The fourth-order valence-corrected chi connectivity index (χ4v) is 2.80. The highest BCUT2D eigenvalue weighted by molar-refractivity contribution is 6.11. The number of benzene rings is 1. The van der Waals surface area contributed by atoms with Crippen molar-refractivity contribution in [2.75, 3.05) is 20.3 Å². The number of aromatic nitrogens is 1. The number of ether oxygens (including phenoxy) is 2. The molecule has 1 aromatic carbocycles. The van der Waals surface area contributed by atoms with Crippen LogP contribution in [-0.2, 0) is 11.3 Å². The first-order valence-electron chi connectivity index (χ1n) is 8.70. The molecule has 146 valence electrons. The second-order valence-electron chi connectivity index (χ2n) is 6.07. The summed E-state index contributed by atoms with van der Waals surface area (Å²) in [5, 5.41) is 20.0. The topological polar surface area (TPSA) is 102 Å². The maximum Gasteiger partial charge on any atom is 0.271 e. The van der Waals surface area contributed by atoms with Crippen molar-refractivity contribution in [1.82, 2.24) is 4.57 Å². The van der Waals surface area contributed by atoms with Crippen LogP contribution in [0.2, 0.25) is 0 Å². The molecular formula is C21H22N2O5. The quantitative estimate of drug-likeness (QED) is 0.406. The first kappa shape index (κ1) is 20.9. The van der Waals surface area contributed by atoms with Gasteiger partial charge >= 0.3 is 0 Å². The third-order valence-corrected chi connectivity index (χ3v) is 4.24. The summed E-state index contributed by atoms with van der Waals surface area (Å²) in [6, 6.07) is 8.22. The van der Waals surface area contributed by atoms with Gasteiger partial charge in [0.05, 0.1) is 5.56 Å². The minimum Gasteiger partial charge on any atom is -0.494 e. The molecule has 2 rings (SSSR count). The Morgan fingerprint density at radius 2 is 2.04 bits per heavy atom. The Morgan fingerprint density at radius 1 is 1.36 bits per heavy atom. The third-order valence-electron chi connectivity index (χ3n) is 4.24. The highest BCUT2D eigenvalue weighted by Gasteiger charge is 2.24. The van der Waals surface area contributed by atoms with Gasteiger partial charge in [-0.25, -0.2) is 0 Å². The monoisotopic (exact) mass is 382 g/mol. The number of carbonyl (C=O) groups is 1. The van der Waals surface area contributed by atoms with Gasteiger partial charge in [-0.15, -0.1) is 0 Å². The summed E-state index contributed by atoms with van der Waals surface area (Å²) in [5.74, 6) is -0.364. The predicted molar refractivity (Wildman–Crippen MR) is 104 cm³/mol. The molecule has 0 radical (unpaired) electrons. The Balaban J connectivity index is 2.49. The van der Waals surface area contributed by atoms with Crippen molar-refractivity contribution in [3.05, 3.63) is 69.5 Å². The minimum atomic E-state index is -0.627. The Kier molecular flexibility index (Phi) is 7.13. The second kappa shape index (κ2) is 9.53. The lowest BCUT2D eigenvalue weighted by Crippen LogP contribution is -2.27. The number of hydrogen-bond donors (Lipinski definition) is 1. The first-order chi connectivity index (χ1) is 13.5. The molecule has 1 aromatic heterocycles. The molecular weight excluding hydrogens is 360 g/mol. The molecule has 2 aromatic rings. The first-order valence-corrected chi connectivity index (χ1v) is 8.70. The standard InChI is InChI=1S/C21H22N2O5/c1-4-11-28-16-8-6-15(7-9-16)19(24)18-14(2)17(13-22)20(25)23(21(18)26)10-5-12-27-3/h4,6-9,26H,1,5,10-12H2,2-3H3. The van der Waals surface area contributed by atoms with E-state index >= 15 is 0 Å². The van der Waals surface area contributed by atoms with E-state index in [-0.39, 0.29) is 23.2 Å². The smallest absolute Gasteiger partial charge is 0.271 e. The second-order valence-corrected chi connectivity index (χ2v) is 6.07. The molecule has 0 atom stereocenters. The highest BCUT2D eigenvalue weighted by atomic mass is 16.5. The molecule has 0 aliphatic rings. The van der Waals surface area contributed by atoms with Gasteiger partial charge in [0.1, 0.15) is 24.0 Å². The number of aromatic hydroxyl groups is 1. The molecule has 0 saturated carbocycles. The summed E-state index contributed by atoms with van der Waals surface area (Å²) in [6.07, 6.45) is 2.05. The van der Waals surface area contributed by atoms with Crippen molar-refractivity contribution in [1.29, 1.82) is 5.26 Å². The van der Waals surface area contributed by atoms with Gasteiger partial charge in [-0.05, 0) is 43.2 Å². The molecule has 0 saturated heterocycles. The fraction of sp³-hybridized carbons (Fsp3) is 0.286. The van der Waals surface area contributed by atoms with E-state index in [9.17, 15) is 20.0 Å². The van der Waals surface area contributed by atoms with Gasteiger partial charge in [0.2, 0.25) is 5.88 Å². The summed E-state index contributed by atoms with van der Waals surface area (Å²) in [7, 11) is 1.52. The minimum absolute atomic E-state index is 0.0617. The van der Waals surface area contributed by atoms with Crippen molar-refractivity contribution in [3.8, 4) is 17.7 Å². The number of methoxy groups -OCH3 is 1. The highest BCUT2D eigenvalue weighted by Crippen LogP contribution is 2.26. The number of ketones is 1. The molecule has 1 heterocycles. The van der Waals surface area contributed by atoms with Crippen LogP contribution in [0.1, 0.15) is 33.5 Å². The van der Waals surface area contributed by atoms with E-state index in [1.54, 1.807) is 30.3 Å². The van der Waals surface area contributed by atoms with Crippen LogP contribution in [0.5, 0.6) is 11.6 Å². The van der Waals surface area contributed by atoms with Crippen molar-refractivity contribution < 1.29 is 19.4 Å². The summed E-state index contributed by atoms with van der Waals surface area (Å²) in [4.78, 5) is 25.5. The van der Waals surface area contributed by atoms with Crippen LogP contribution in [0.4, 0.5) is 0 Å². The number of rotatable bonds is 9. The van der Waals surface area contributed by atoms with Crippen molar-refractivity contribution >= 4 is 5.78 Å². The van der Waals surface area contributed by atoms with Crippen molar-refractivity contribution in [3.63, 3.8) is 0 Å². The van der Waals surface area contributed by atoms with Gasteiger partial charge in [-0.3, -0.25) is 14.2 Å². The summed E-state index contributed by atoms with van der Waals surface area (Å²) in [6.45, 7) is 5.89. The Morgan fingerprint density at radius 3 is 2.61 bits per heavy atom. The lowest BCUT2D eigenvalue weighted by Gasteiger charge is -2.15. The molecule has 0 aliphatic heterocycles. The van der Waals surface area contributed by atoms with Gasteiger partial charge in [0.15, 0.2) is 5.78 Å². The van der Waals surface area contributed by atoms with E-state index in [2.05, 4.69) is 6.58 Å². The summed E-state index contributed by atoms with van der Waals surface area (Å²) in [5.41, 5.74) is -0.392. The van der Waals surface area contributed by atoms with E-state index in [1.807, 2.05) is 6.07 Å². The van der Waals surface area contributed by atoms with E-state index in [4.69, 9.17) is 9.47 Å². The van der Waals surface area contributed by atoms with Gasteiger partial charge in [-0.1, -0.05) is 12.7 Å². The molecule has 1 N–H and O–H groups in total. The van der Waals surface area contributed by atoms with Crippen molar-refractivity contribution in [2.45, 2.75) is 19.9 Å². The van der Waals surface area contributed by atoms with E-state index in [0.717, 1.165) is 4.57 Å². The molecule has 0 unspecified atom stereocenters. The van der Waals surface area contributed by atoms with Crippen LogP contribution >= 0.6 is 0 Å². The SMILES string of the molecule is C=CCOc1ccc(C(=O)c2c(C)c(C#N)c(=O)n(CCCOC)c2O)cc1. The van der Waals surface area contributed by atoms with E-state index in [1.165, 1.54) is 14.0 Å². The Hall–Kier alpha value is -3.37. The molecule has 0 amide bonds. The van der Waals surface area contributed by atoms with Gasteiger partial charge < -0.3 is 14.6 Å². The Bertz CT molecular complexity index is 968. The largest absolute Gasteiger partial charge is 0.494 e. The predicted octanol–water partition coefficient (Wildman–Crippen LogP) is 2.57. The number of nitriles is 1. The van der Waals surface area contributed by atoms with Gasteiger partial charge in [-0.2, -0.15) is 5.26 Å². The van der Waals surface area contributed by atoms with Crippen LogP contribution in [0, 0.1) is 18.3 Å². The van der Waals surface area contributed by atoms with Crippen molar-refractivity contribution in [2.24, 2.45) is 0 Å². The fourth-order valence-electron chi connectivity index (χ4n) is 2.80. The van der Waals surface area contributed by atoms with Gasteiger partial charge in [0, 0.05) is 25.8 Å². The molecule has 0 aliphatic carbocycles. The van der Waals surface area contributed by atoms with Crippen LogP contribution in [0.25, 0.3) is 0 Å². The molecule has 28 heavy (non-hydrogen) atoms. The lowest BCUT2D eigenvalue weighted by molar-refractivity contribution is 0.103. The normalized spacial score (nSPS) is 10.3. The zero-order chi connectivity index (χ0) is 20.7. The zero-order valence-electron chi connectivity index (χ0n) is 15.9. The third kappa shape index (κ3) is 4.30. The molecule has 0 fully saturated rings. The number of nitrogens with zero attached hydrogens (tertiary/aromatic N) is 2. The van der Waals surface area contributed by atoms with Crippen LogP contribution in [0.15, 0.2) is 41.7 Å². The lowest BCUT2D eigenvalue weighted by atomic mass is 9.97. The maximum absolute atomic E-state index is 13.0. The molecule has 7 nitrogen and oxygen atoms in total. The average molecular weight is 382 g/mol. The van der Waals surface area contributed by atoms with Gasteiger partial charge in [0.25, 0.3) is 5.56 Å². The van der Waals surface area contributed by atoms with Crippen LogP contribution < -0.4 is 10.3 Å². The number of carbonyl (C=O) groups excluding carboxylic acids is 1. The molecule has 7 heteroatoms. The summed E-state index contributed by atoms with van der Waals surface area (Å²) >= 11 is 0. The van der Waals surface area contributed by atoms with Crippen LogP contribution in [0.3, 0.4) is 0 Å². The van der Waals surface area contributed by atoms with Crippen LogP contribution in [-0.4, -0.2) is 35.8 Å². The molecule has 0 spiro atoms. The number of hydrogen-bond acceptors (Lipinski definition) is 6. The average Bonchev–Trinajstić information content (AvgIpc) is 2.69. The zero-order valence-corrected chi connectivity index (χ0v) is 15.9. The molecule has 0 bridgehead atoms. The maximum atomic E-state index is 13.0. The van der Waals surface area contributed by atoms with E-state index < -0.39 is 17.2 Å². The van der Waals surface area contributed by atoms with E-state index in [0.29, 0.717) is 30.9 Å². The summed E-state index contributed by atoms with van der Waals surface area (Å²) < 4.78 is 11.4. The number of pyridine rings is 1.